The molecule has 0 aromatic carbocycles. The first-order chi connectivity index (χ1) is 6.72. The van der Waals surface area contributed by atoms with Gasteiger partial charge < -0.3 is 15.0 Å². The lowest BCUT2D eigenvalue weighted by Crippen LogP contribution is -2.15. The Morgan fingerprint density at radius 2 is 2.29 bits per heavy atom. The lowest BCUT2D eigenvalue weighted by molar-refractivity contribution is 0.199. The topological polar surface area (TPSA) is 74.2 Å². The number of nitrogens with two attached hydrogens (primary N) is 1. The van der Waals surface area contributed by atoms with Gasteiger partial charge in [-0.2, -0.15) is 4.98 Å². The Morgan fingerprint density at radius 3 is 2.93 bits per heavy atom. The van der Waals surface area contributed by atoms with Crippen molar-refractivity contribution in [1.82, 2.24) is 10.1 Å². The molecule has 1 aromatic heterocycles. The van der Waals surface area contributed by atoms with Gasteiger partial charge in [0, 0.05) is 26.0 Å². The Kier molecular flexibility index (Phi) is 4.55. The largest absolute Gasteiger partial charge is 0.384 e. The Balaban J connectivity index is 2.35. The molecular formula is C9H17N3O2. The van der Waals surface area contributed by atoms with Crippen LogP contribution in [-0.2, 0) is 17.6 Å². The minimum Gasteiger partial charge on any atom is -0.384 e. The van der Waals surface area contributed by atoms with Crippen molar-refractivity contribution in [2.45, 2.75) is 32.2 Å². The van der Waals surface area contributed by atoms with E-state index in [4.69, 9.17) is 15.0 Å². The normalized spacial score (nSPS) is 13.1. The summed E-state index contributed by atoms with van der Waals surface area (Å²) in [6.07, 6.45) is 2.31. The first-order valence-corrected chi connectivity index (χ1v) is 4.78. The maximum Gasteiger partial charge on any atom is 0.226 e. The zero-order valence-electron chi connectivity index (χ0n) is 8.69. The Hall–Kier alpha value is -0.940. The zero-order valence-corrected chi connectivity index (χ0v) is 8.69. The van der Waals surface area contributed by atoms with Gasteiger partial charge in [0.15, 0.2) is 5.82 Å². The lowest BCUT2D eigenvalue weighted by Gasteiger charge is -1.99. The van der Waals surface area contributed by atoms with Crippen LogP contribution in [0.5, 0.6) is 0 Å². The number of aromatic nitrogens is 2. The Bertz CT molecular complexity index is 260. The van der Waals surface area contributed by atoms with Crippen molar-refractivity contribution in [3.63, 3.8) is 0 Å². The van der Waals surface area contributed by atoms with Gasteiger partial charge in [0.05, 0.1) is 6.61 Å². The van der Waals surface area contributed by atoms with E-state index in [0.29, 0.717) is 24.7 Å². The third-order valence-electron chi connectivity index (χ3n) is 1.85. The second-order valence-electron chi connectivity index (χ2n) is 3.36. The molecule has 1 rings (SSSR count). The number of aryl methyl sites for hydroxylation is 1. The van der Waals surface area contributed by atoms with E-state index < -0.39 is 0 Å². The third-order valence-corrected chi connectivity index (χ3v) is 1.85. The molecule has 1 atom stereocenters. The zero-order chi connectivity index (χ0) is 10.4. The molecule has 14 heavy (non-hydrogen) atoms. The lowest BCUT2D eigenvalue weighted by atomic mass is 10.2. The molecule has 0 amide bonds. The van der Waals surface area contributed by atoms with Crippen LogP contribution in [0, 0.1) is 0 Å². The smallest absolute Gasteiger partial charge is 0.226 e. The van der Waals surface area contributed by atoms with Crippen molar-refractivity contribution in [3.8, 4) is 0 Å². The van der Waals surface area contributed by atoms with Crippen LogP contribution in [0.3, 0.4) is 0 Å². The molecule has 5 nitrogen and oxygen atoms in total. The SMILES string of the molecule is COCCc1noc(CCC(C)N)n1. The van der Waals surface area contributed by atoms with Crippen molar-refractivity contribution in [1.29, 1.82) is 0 Å². The van der Waals surface area contributed by atoms with Gasteiger partial charge in [0.25, 0.3) is 0 Å². The third kappa shape index (κ3) is 3.85. The number of hydrogen-bond donors (Lipinski definition) is 1. The summed E-state index contributed by atoms with van der Waals surface area (Å²) in [6.45, 7) is 2.58. The van der Waals surface area contributed by atoms with Crippen molar-refractivity contribution >= 4 is 0 Å². The van der Waals surface area contributed by atoms with Crippen LogP contribution in [0.15, 0.2) is 4.52 Å². The highest BCUT2D eigenvalue weighted by molar-refractivity contribution is 4.87. The van der Waals surface area contributed by atoms with Gasteiger partial charge in [-0.15, -0.1) is 0 Å². The quantitative estimate of drug-likeness (QED) is 0.723. The first-order valence-electron chi connectivity index (χ1n) is 4.78. The predicted molar refractivity (Wildman–Crippen MR) is 51.8 cm³/mol. The molecule has 0 bridgehead atoms. The molecule has 5 heteroatoms. The van der Waals surface area contributed by atoms with Crippen LogP contribution < -0.4 is 5.73 Å². The molecule has 0 radical (unpaired) electrons. The van der Waals surface area contributed by atoms with Crippen LogP contribution >= 0.6 is 0 Å². The van der Waals surface area contributed by atoms with E-state index in [-0.39, 0.29) is 6.04 Å². The molecule has 0 aliphatic carbocycles. The van der Waals surface area contributed by atoms with Crippen molar-refractivity contribution in [2.75, 3.05) is 13.7 Å². The molecule has 0 aliphatic heterocycles. The molecule has 0 aliphatic rings. The predicted octanol–water partition coefficient (Wildman–Crippen LogP) is 0.538. The summed E-state index contributed by atoms with van der Waals surface area (Å²) in [5.74, 6) is 1.36. The summed E-state index contributed by atoms with van der Waals surface area (Å²) in [7, 11) is 1.65. The number of hydrogen-bond acceptors (Lipinski definition) is 5. The first kappa shape index (κ1) is 11.1. The van der Waals surface area contributed by atoms with Crippen LogP contribution in [0.25, 0.3) is 0 Å². The fourth-order valence-corrected chi connectivity index (χ4v) is 1.04. The van der Waals surface area contributed by atoms with Crippen molar-refractivity contribution in [2.24, 2.45) is 5.73 Å². The summed E-state index contributed by atoms with van der Waals surface area (Å²) in [4.78, 5) is 4.21. The molecule has 0 saturated carbocycles. The summed E-state index contributed by atoms with van der Waals surface area (Å²) >= 11 is 0. The fraction of sp³-hybridized carbons (Fsp3) is 0.778. The summed E-state index contributed by atoms with van der Waals surface area (Å²) in [6, 6.07) is 0.171. The minimum absolute atomic E-state index is 0.171. The van der Waals surface area contributed by atoms with Gasteiger partial charge in [-0.1, -0.05) is 5.16 Å². The van der Waals surface area contributed by atoms with E-state index in [9.17, 15) is 0 Å². The maximum absolute atomic E-state index is 5.62. The van der Waals surface area contributed by atoms with Crippen LogP contribution in [-0.4, -0.2) is 29.9 Å². The van der Waals surface area contributed by atoms with Crippen LogP contribution in [0.1, 0.15) is 25.1 Å². The second kappa shape index (κ2) is 5.72. The molecule has 1 heterocycles. The highest BCUT2D eigenvalue weighted by Gasteiger charge is 2.06. The monoisotopic (exact) mass is 199 g/mol. The van der Waals surface area contributed by atoms with Gasteiger partial charge in [-0.3, -0.25) is 0 Å². The van der Waals surface area contributed by atoms with E-state index >= 15 is 0 Å². The van der Waals surface area contributed by atoms with Gasteiger partial charge in [-0.05, 0) is 13.3 Å². The van der Waals surface area contributed by atoms with Gasteiger partial charge in [0.1, 0.15) is 0 Å². The highest BCUT2D eigenvalue weighted by Crippen LogP contribution is 2.02. The van der Waals surface area contributed by atoms with Crippen molar-refractivity contribution in [3.05, 3.63) is 11.7 Å². The highest BCUT2D eigenvalue weighted by atomic mass is 16.5. The van der Waals surface area contributed by atoms with Crippen molar-refractivity contribution < 1.29 is 9.26 Å². The minimum atomic E-state index is 0.171. The average molecular weight is 199 g/mol. The molecule has 2 N–H and O–H groups in total. The van der Waals surface area contributed by atoms with Gasteiger partial charge in [-0.25, -0.2) is 0 Å². The number of rotatable bonds is 6. The molecular weight excluding hydrogens is 182 g/mol. The summed E-state index contributed by atoms with van der Waals surface area (Å²) in [5.41, 5.74) is 5.62. The molecule has 0 fully saturated rings. The fourth-order valence-electron chi connectivity index (χ4n) is 1.04. The molecule has 0 saturated heterocycles. The second-order valence-corrected chi connectivity index (χ2v) is 3.36. The molecule has 0 spiro atoms. The molecule has 80 valence electrons. The van der Waals surface area contributed by atoms with E-state index in [0.717, 1.165) is 12.8 Å². The standard InChI is InChI=1S/C9H17N3O2/c1-7(10)3-4-9-11-8(12-14-9)5-6-13-2/h7H,3-6,10H2,1-2H3. The number of nitrogens with zero attached hydrogens (tertiary/aromatic N) is 2. The number of ether oxygens (including phenoxy) is 1. The average Bonchev–Trinajstić information content (AvgIpc) is 2.59. The van der Waals surface area contributed by atoms with Gasteiger partial charge >= 0.3 is 0 Å². The van der Waals surface area contributed by atoms with E-state index in [1.54, 1.807) is 7.11 Å². The Morgan fingerprint density at radius 1 is 1.50 bits per heavy atom. The van der Waals surface area contributed by atoms with E-state index in [1.807, 2.05) is 6.92 Å². The Labute approximate surface area is 83.6 Å². The van der Waals surface area contributed by atoms with Gasteiger partial charge in [0.2, 0.25) is 5.89 Å². The summed E-state index contributed by atoms with van der Waals surface area (Å²) in [5, 5.41) is 3.82. The molecule has 1 aromatic rings. The maximum atomic E-state index is 5.62. The van der Waals surface area contributed by atoms with E-state index in [2.05, 4.69) is 10.1 Å². The van der Waals surface area contributed by atoms with Crippen LogP contribution in [0.4, 0.5) is 0 Å². The molecule has 1 unspecified atom stereocenters. The van der Waals surface area contributed by atoms with Crippen LogP contribution in [0.2, 0.25) is 0 Å². The van der Waals surface area contributed by atoms with E-state index in [1.165, 1.54) is 0 Å². The summed E-state index contributed by atoms with van der Waals surface area (Å²) < 4.78 is 9.95. The number of methoxy groups -OCH3 is 1.